The molecule has 3 rings (SSSR count). The van der Waals surface area contributed by atoms with Gasteiger partial charge in [0.15, 0.2) is 5.78 Å². The van der Waals surface area contributed by atoms with Gasteiger partial charge in [0.2, 0.25) is 0 Å². The van der Waals surface area contributed by atoms with E-state index < -0.39 is 0 Å². The molecule has 128 valence electrons. The topological polar surface area (TPSA) is 79.8 Å². The van der Waals surface area contributed by atoms with E-state index in [-0.39, 0.29) is 17.1 Å². The van der Waals surface area contributed by atoms with Crippen LogP contribution in [-0.2, 0) is 13.0 Å². The van der Waals surface area contributed by atoms with Gasteiger partial charge in [0.25, 0.3) is 5.91 Å². The van der Waals surface area contributed by atoms with Gasteiger partial charge in [-0.1, -0.05) is 13.8 Å². The molecule has 0 radical (unpaired) electrons. The van der Waals surface area contributed by atoms with Crippen LogP contribution < -0.4 is 5.32 Å². The fraction of sp³-hybridized carbons (Fsp3) is 0.500. The first-order valence-electron chi connectivity index (χ1n) is 8.38. The molecule has 0 spiro atoms. The first kappa shape index (κ1) is 16.5. The molecule has 1 aliphatic carbocycles. The summed E-state index contributed by atoms with van der Waals surface area (Å²) in [6, 6.07) is 1.88. The molecular formula is C18H24N4O2. The third-order valence-electron chi connectivity index (χ3n) is 4.54. The number of carbonyl (C=O) groups excluding carboxylic acids is 2. The molecule has 0 saturated heterocycles. The minimum Gasteiger partial charge on any atom is -0.354 e. The predicted octanol–water partition coefficient (Wildman–Crippen LogP) is 2.49. The minimum atomic E-state index is -0.145. The van der Waals surface area contributed by atoms with Gasteiger partial charge >= 0.3 is 0 Å². The normalized spacial score (nSPS) is 16.0. The van der Waals surface area contributed by atoms with E-state index in [9.17, 15) is 9.59 Å². The summed E-state index contributed by atoms with van der Waals surface area (Å²) in [4.78, 5) is 28.0. The Bertz CT molecular complexity index is 756. The SMILES string of the molecule is Cc1c(C(=O)NCCCn2cccn2)[nH]c2c1C(=O)CC(C)(C)C2. The zero-order valence-corrected chi connectivity index (χ0v) is 14.5. The van der Waals surface area contributed by atoms with Crippen LogP contribution in [0.3, 0.4) is 0 Å². The number of aryl methyl sites for hydroxylation is 1. The molecule has 0 aromatic carbocycles. The number of ketones is 1. The molecule has 0 bridgehead atoms. The molecule has 0 unspecified atom stereocenters. The van der Waals surface area contributed by atoms with Crippen molar-refractivity contribution in [1.82, 2.24) is 20.1 Å². The highest BCUT2D eigenvalue weighted by Gasteiger charge is 2.35. The highest BCUT2D eigenvalue weighted by Crippen LogP contribution is 2.36. The zero-order chi connectivity index (χ0) is 17.3. The molecule has 1 aliphatic rings. The molecule has 0 saturated carbocycles. The Balaban J connectivity index is 1.64. The summed E-state index contributed by atoms with van der Waals surface area (Å²) in [5.41, 5.74) is 2.85. The molecule has 2 heterocycles. The van der Waals surface area contributed by atoms with E-state index in [1.54, 1.807) is 6.20 Å². The van der Waals surface area contributed by atoms with E-state index in [0.717, 1.165) is 36.2 Å². The first-order valence-corrected chi connectivity index (χ1v) is 8.38. The van der Waals surface area contributed by atoms with E-state index in [0.29, 0.717) is 18.7 Å². The lowest BCUT2D eigenvalue weighted by atomic mass is 9.75. The van der Waals surface area contributed by atoms with Crippen molar-refractivity contribution in [3.05, 3.63) is 41.0 Å². The monoisotopic (exact) mass is 328 g/mol. The van der Waals surface area contributed by atoms with Gasteiger partial charge in [-0.3, -0.25) is 14.3 Å². The maximum atomic E-state index is 12.4. The molecule has 1 amide bonds. The van der Waals surface area contributed by atoms with Crippen LogP contribution >= 0.6 is 0 Å². The lowest BCUT2D eigenvalue weighted by Gasteiger charge is -2.28. The van der Waals surface area contributed by atoms with Gasteiger partial charge in [-0.2, -0.15) is 5.10 Å². The van der Waals surface area contributed by atoms with Crippen molar-refractivity contribution in [2.24, 2.45) is 5.41 Å². The number of fused-ring (bicyclic) bond motifs is 1. The van der Waals surface area contributed by atoms with Crippen LogP contribution in [0.4, 0.5) is 0 Å². The summed E-state index contributed by atoms with van der Waals surface area (Å²) >= 11 is 0. The molecule has 6 heteroatoms. The van der Waals surface area contributed by atoms with Gasteiger partial charge in [-0.05, 0) is 36.8 Å². The number of hydrogen-bond acceptors (Lipinski definition) is 3. The van der Waals surface area contributed by atoms with Crippen LogP contribution in [0.25, 0.3) is 0 Å². The molecule has 0 aliphatic heterocycles. The number of amides is 1. The molecule has 0 atom stereocenters. The molecular weight excluding hydrogens is 304 g/mol. The summed E-state index contributed by atoms with van der Waals surface area (Å²) in [5.74, 6) is -0.0132. The lowest BCUT2D eigenvalue weighted by molar-refractivity contribution is 0.0909. The van der Waals surface area contributed by atoms with Crippen molar-refractivity contribution in [2.45, 2.75) is 46.6 Å². The van der Waals surface area contributed by atoms with Crippen LogP contribution in [-0.4, -0.2) is 33.0 Å². The Labute approximate surface area is 141 Å². The number of Topliss-reactive ketones (excluding diaryl/α,β-unsaturated/α-hetero) is 1. The second kappa shape index (κ2) is 6.26. The smallest absolute Gasteiger partial charge is 0.268 e. The van der Waals surface area contributed by atoms with Gasteiger partial charge in [0, 0.05) is 43.2 Å². The molecule has 2 aromatic rings. The molecule has 2 N–H and O–H groups in total. The highest BCUT2D eigenvalue weighted by atomic mass is 16.2. The van der Waals surface area contributed by atoms with Gasteiger partial charge in [-0.15, -0.1) is 0 Å². The third-order valence-corrected chi connectivity index (χ3v) is 4.54. The number of rotatable bonds is 5. The minimum absolute atomic E-state index is 0.0567. The summed E-state index contributed by atoms with van der Waals surface area (Å²) in [6.45, 7) is 7.35. The van der Waals surface area contributed by atoms with Crippen LogP contribution in [0.15, 0.2) is 18.5 Å². The Morgan fingerprint density at radius 2 is 2.21 bits per heavy atom. The summed E-state index contributed by atoms with van der Waals surface area (Å²) < 4.78 is 1.84. The zero-order valence-electron chi connectivity index (χ0n) is 14.5. The second-order valence-corrected chi connectivity index (χ2v) is 7.30. The average molecular weight is 328 g/mol. The number of aromatic amines is 1. The first-order chi connectivity index (χ1) is 11.4. The quantitative estimate of drug-likeness (QED) is 0.828. The van der Waals surface area contributed by atoms with Gasteiger partial charge in [0.1, 0.15) is 5.69 Å². The standard InChI is InChI=1S/C18H24N4O2/c1-12-15-13(10-18(2,3)11-14(15)23)21-16(12)17(24)19-6-4-8-22-9-5-7-20-22/h5,7,9,21H,4,6,8,10-11H2,1-3H3,(H,19,24). The average Bonchev–Trinajstić information content (AvgIpc) is 3.10. The fourth-order valence-electron chi connectivity index (χ4n) is 3.42. The van der Waals surface area contributed by atoms with Gasteiger partial charge < -0.3 is 10.3 Å². The summed E-state index contributed by atoms with van der Waals surface area (Å²) in [6.07, 6.45) is 5.77. The Hall–Kier alpha value is -2.37. The van der Waals surface area contributed by atoms with Crippen molar-refractivity contribution in [3.8, 4) is 0 Å². The molecule has 2 aromatic heterocycles. The van der Waals surface area contributed by atoms with Crippen LogP contribution in [0.1, 0.15) is 58.8 Å². The largest absolute Gasteiger partial charge is 0.354 e. The molecule has 0 fully saturated rings. The predicted molar refractivity (Wildman–Crippen MR) is 91.1 cm³/mol. The van der Waals surface area contributed by atoms with Crippen molar-refractivity contribution in [3.63, 3.8) is 0 Å². The number of aromatic nitrogens is 3. The maximum absolute atomic E-state index is 12.4. The van der Waals surface area contributed by atoms with E-state index in [1.807, 2.05) is 23.9 Å². The highest BCUT2D eigenvalue weighted by molar-refractivity contribution is 6.04. The Morgan fingerprint density at radius 3 is 2.92 bits per heavy atom. The Kier molecular flexibility index (Phi) is 4.30. The number of hydrogen-bond donors (Lipinski definition) is 2. The van der Waals surface area contributed by atoms with Crippen LogP contribution in [0.2, 0.25) is 0 Å². The van der Waals surface area contributed by atoms with E-state index >= 15 is 0 Å². The maximum Gasteiger partial charge on any atom is 0.268 e. The Morgan fingerprint density at radius 1 is 1.42 bits per heavy atom. The summed E-state index contributed by atoms with van der Waals surface area (Å²) in [7, 11) is 0. The third kappa shape index (κ3) is 3.27. The number of nitrogens with zero attached hydrogens (tertiary/aromatic N) is 2. The van der Waals surface area contributed by atoms with Crippen LogP contribution in [0.5, 0.6) is 0 Å². The number of nitrogens with one attached hydrogen (secondary N) is 2. The summed E-state index contributed by atoms with van der Waals surface area (Å²) in [5, 5.41) is 7.06. The fourth-order valence-corrected chi connectivity index (χ4v) is 3.42. The molecule has 6 nitrogen and oxygen atoms in total. The molecule has 24 heavy (non-hydrogen) atoms. The van der Waals surface area contributed by atoms with Crippen molar-refractivity contribution < 1.29 is 9.59 Å². The van der Waals surface area contributed by atoms with Gasteiger partial charge in [-0.25, -0.2) is 0 Å². The van der Waals surface area contributed by atoms with Crippen molar-refractivity contribution in [1.29, 1.82) is 0 Å². The number of H-pyrrole nitrogens is 1. The van der Waals surface area contributed by atoms with Crippen LogP contribution in [0, 0.1) is 12.3 Å². The van der Waals surface area contributed by atoms with Crippen molar-refractivity contribution in [2.75, 3.05) is 6.54 Å². The van der Waals surface area contributed by atoms with Gasteiger partial charge in [0.05, 0.1) is 0 Å². The van der Waals surface area contributed by atoms with E-state index in [4.69, 9.17) is 0 Å². The second-order valence-electron chi connectivity index (χ2n) is 7.30. The van der Waals surface area contributed by atoms with Crippen molar-refractivity contribution >= 4 is 11.7 Å². The lowest BCUT2D eigenvalue weighted by Crippen LogP contribution is -2.26. The number of carbonyl (C=O) groups is 2. The van der Waals surface area contributed by atoms with E-state index in [2.05, 4.69) is 29.2 Å². The van der Waals surface area contributed by atoms with E-state index in [1.165, 1.54) is 0 Å².